The number of likely N-dealkylation sites (N-methyl/N-ethyl adjacent to an activating group) is 1. The summed E-state index contributed by atoms with van der Waals surface area (Å²) in [6.07, 6.45) is -1.10. The second kappa shape index (κ2) is 29.8. The lowest BCUT2D eigenvalue weighted by molar-refractivity contribution is -0.146. The van der Waals surface area contributed by atoms with Gasteiger partial charge in [-0.05, 0) is 37.5 Å². The number of carbonyl (C=O) groups is 10. The molecule has 4 unspecified atom stereocenters. The molecule has 1 aliphatic heterocycles. The SMILES string of the molecule is CC(=O)CC(CC(=O)O)C(=O)NC(CC(=O)O)C(=O)NC(CC(=O)O)C(=O)NC(CC(=O)O)C(=O)N(C)CCCN(CCCN1CCOCC1)C(=O)Oc1c(Cc2ccco2)nc2c(Cc3ccccc3)nc(-c3ccccc3)cn12. The molecular formula is C55H65N9O17. The van der Waals surface area contributed by atoms with Crippen LogP contribution in [-0.4, -0.2) is 187 Å². The number of benzene rings is 2. The van der Waals surface area contributed by atoms with E-state index in [0.29, 0.717) is 74.2 Å². The van der Waals surface area contributed by atoms with Crippen molar-refractivity contribution < 1.29 is 82.3 Å². The monoisotopic (exact) mass is 1120 g/mol. The number of carboxylic acid groups (broad SMARTS) is 4. The molecule has 5 amide bonds. The highest BCUT2D eigenvalue weighted by atomic mass is 16.6. The van der Waals surface area contributed by atoms with Crippen molar-refractivity contribution >= 4 is 65.0 Å². The Morgan fingerprint density at radius 3 is 1.83 bits per heavy atom. The van der Waals surface area contributed by atoms with Gasteiger partial charge in [0.25, 0.3) is 0 Å². The zero-order chi connectivity index (χ0) is 58.6. The number of carbonyl (C=O) groups excluding carboxylic acids is 6. The van der Waals surface area contributed by atoms with Crippen LogP contribution in [0, 0.1) is 5.92 Å². The van der Waals surface area contributed by atoms with Crippen molar-refractivity contribution in [2.45, 2.75) is 82.8 Å². The van der Waals surface area contributed by atoms with Crippen LogP contribution >= 0.6 is 0 Å². The Hall–Kier alpha value is -9.04. The van der Waals surface area contributed by atoms with Crippen LogP contribution in [-0.2, 0) is 60.7 Å². The number of amides is 5. The Balaban J connectivity index is 1.21. The predicted octanol–water partition coefficient (Wildman–Crippen LogP) is 2.49. The number of ketones is 1. The van der Waals surface area contributed by atoms with Gasteiger partial charge in [-0.15, -0.1) is 0 Å². The summed E-state index contributed by atoms with van der Waals surface area (Å²) in [5, 5.41) is 44.6. The first-order chi connectivity index (χ1) is 38.7. The predicted molar refractivity (Wildman–Crippen MR) is 285 cm³/mol. The van der Waals surface area contributed by atoms with Crippen molar-refractivity contribution in [2.24, 2.45) is 5.92 Å². The van der Waals surface area contributed by atoms with Gasteiger partial charge in [0.2, 0.25) is 29.5 Å². The Kier molecular flexibility index (Phi) is 22.5. The van der Waals surface area contributed by atoms with E-state index < -0.39 is 116 Å². The molecule has 4 heterocycles. The summed E-state index contributed by atoms with van der Waals surface area (Å²) in [7, 11) is 1.31. The van der Waals surface area contributed by atoms with Crippen LogP contribution in [0.3, 0.4) is 0 Å². The molecule has 0 saturated carbocycles. The van der Waals surface area contributed by atoms with Crippen LogP contribution in [0.25, 0.3) is 16.9 Å². The van der Waals surface area contributed by atoms with Crippen LogP contribution in [0.2, 0.25) is 0 Å². The van der Waals surface area contributed by atoms with Gasteiger partial charge in [-0.3, -0.25) is 47.7 Å². The van der Waals surface area contributed by atoms with E-state index >= 15 is 0 Å². The molecule has 1 fully saturated rings. The minimum absolute atomic E-state index is 0.00240. The molecule has 6 rings (SSSR count). The fraction of sp³-hybridized carbons (Fsp3) is 0.418. The van der Waals surface area contributed by atoms with Crippen molar-refractivity contribution in [1.29, 1.82) is 0 Å². The van der Waals surface area contributed by atoms with E-state index in [1.165, 1.54) is 18.2 Å². The van der Waals surface area contributed by atoms with Gasteiger partial charge in [-0.25, -0.2) is 14.8 Å². The van der Waals surface area contributed by atoms with Crippen LogP contribution in [0.1, 0.15) is 74.6 Å². The molecule has 1 aliphatic rings. The lowest BCUT2D eigenvalue weighted by Gasteiger charge is -2.29. The summed E-state index contributed by atoms with van der Waals surface area (Å²) in [4.78, 5) is 143. The summed E-state index contributed by atoms with van der Waals surface area (Å²) < 4.78 is 19.3. The molecule has 0 radical (unpaired) electrons. The summed E-state index contributed by atoms with van der Waals surface area (Å²) in [6, 6.07) is 16.7. The summed E-state index contributed by atoms with van der Waals surface area (Å²) >= 11 is 0. The first kappa shape index (κ1) is 61.2. The highest BCUT2D eigenvalue weighted by Gasteiger charge is 2.35. The fourth-order valence-corrected chi connectivity index (χ4v) is 9.01. The van der Waals surface area contributed by atoms with E-state index in [0.717, 1.165) is 23.0 Å². The van der Waals surface area contributed by atoms with Gasteiger partial charge in [0.1, 0.15) is 35.4 Å². The Bertz CT molecular complexity index is 3000. The number of furan rings is 1. The normalized spacial score (nSPS) is 13.9. The fourth-order valence-electron chi connectivity index (χ4n) is 9.01. The molecule has 5 aromatic rings. The first-order valence-electron chi connectivity index (χ1n) is 26.1. The summed E-state index contributed by atoms with van der Waals surface area (Å²) in [6.45, 7) is 4.26. The maximum Gasteiger partial charge on any atom is 0.416 e. The number of hydrogen-bond acceptors (Lipinski definition) is 16. The topological polar surface area (TPSA) is 359 Å². The highest BCUT2D eigenvalue weighted by Crippen LogP contribution is 2.30. The van der Waals surface area contributed by atoms with Gasteiger partial charge in [-0.2, -0.15) is 0 Å². The third kappa shape index (κ3) is 18.8. The molecule has 3 aromatic heterocycles. The number of aliphatic carboxylic acids is 4. The highest BCUT2D eigenvalue weighted by molar-refractivity contribution is 5.98. The van der Waals surface area contributed by atoms with Crippen LogP contribution in [0.4, 0.5) is 4.79 Å². The molecule has 7 N–H and O–H groups in total. The lowest BCUT2D eigenvalue weighted by Crippen LogP contribution is -2.58. The van der Waals surface area contributed by atoms with E-state index in [1.54, 1.807) is 22.7 Å². The van der Waals surface area contributed by atoms with Gasteiger partial charge in [0.05, 0.1) is 68.9 Å². The van der Waals surface area contributed by atoms with Crippen molar-refractivity contribution in [3.05, 3.63) is 108 Å². The first-order valence-corrected chi connectivity index (χ1v) is 26.1. The minimum Gasteiger partial charge on any atom is -0.481 e. The maximum atomic E-state index is 14.7. The number of ether oxygens (including phenoxy) is 2. The van der Waals surface area contributed by atoms with E-state index in [4.69, 9.17) is 23.9 Å². The average Bonchev–Trinajstić information content (AvgIpc) is 3.70. The van der Waals surface area contributed by atoms with E-state index in [1.807, 2.05) is 71.3 Å². The number of nitrogens with zero attached hydrogens (tertiary/aromatic N) is 6. The number of Topliss-reactive ketones (excluding diaryl/α,β-unsaturated/α-hetero) is 1. The number of imidazole rings is 1. The number of fused-ring (bicyclic) bond motifs is 1. The van der Waals surface area contributed by atoms with E-state index in [-0.39, 0.29) is 38.4 Å². The maximum absolute atomic E-state index is 14.7. The second-order valence-electron chi connectivity index (χ2n) is 19.4. The minimum atomic E-state index is -2.08. The molecule has 26 nitrogen and oxygen atoms in total. The third-order valence-corrected chi connectivity index (χ3v) is 13.0. The zero-order valence-corrected chi connectivity index (χ0v) is 44.7. The van der Waals surface area contributed by atoms with E-state index in [2.05, 4.69) is 10.2 Å². The Morgan fingerprint density at radius 1 is 0.654 bits per heavy atom. The smallest absolute Gasteiger partial charge is 0.416 e. The lowest BCUT2D eigenvalue weighted by atomic mass is 9.97. The quantitative estimate of drug-likeness (QED) is 0.0335. The summed E-state index contributed by atoms with van der Waals surface area (Å²) in [5.74, 6) is -12.7. The zero-order valence-electron chi connectivity index (χ0n) is 44.7. The second-order valence-corrected chi connectivity index (χ2v) is 19.4. The van der Waals surface area contributed by atoms with Crippen LogP contribution in [0.5, 0.6) is 5.88 Å². The van der Waals surface area contributed by atoms with E-state index in [9.17, 15) is 68.4 Å². The Morgan fingerprint density at radius 2 is 1.23 bits per heavy atom. The molecule has 0 aliphatic carbocycles. The molecule has 1 saturated heterocycles. The van der Waals surface area contributed by atoms with Gasteiger partial charge >= 0.3 is 30.0 Å². The molecule has 2 aromatic carbocycles. The number of hydrogen-bond donors (Lipinski definition) is 7. The number of morpholine rings is 1. The van der Waals surface area contributed by atoms with Crippen LogP contribution in [0.15, 0.2) is 89.7 Å². The van der Waals surface area contributed by atoms with Crippen molar-refractivity contribution in [1.82, 2.24) is 45.0 Å². The van der Waals surface area contributed by atoms with Gasteiger partial charge in [-0.1, -0.05) is 60.7 Å². The summed E-state index contributed by atoms with van der Waals surface area (Å²) in [5.41, 5.74) is 3.80. The average molecular weight is 1120 g/mol. The number of carboxylic acids is 4. The molecule has 432 valence electrons. The van der Waals surface area contributed by atoms with Gasteiger partial charge in [0, 0.05) is 70.9 Å². The standard InChI is InChI=1S/C55H65N9O17/c1-34(65)26-37(28-45(66)67)50(74)58-40(30-46(68)69)51(75)59-41(31-47(70)71)52(76)60-42(32-48(72)73)53(77)61(2)17-10-19-63(20-11-18-62-21-24-79-25-22-62)55(78)81-54-43(29-38-16-9-23-80-38)57-49-39(27-35-12-5-3-6-13-35)56-44(33-64(49)54)36-14-7-4-8-15-36/h3-9,12-16,23,33,37,40-42H,10-11,17-22,24-32H2,1-2H3,(H,58,74)(H,59,75)(H,60,76)(H,66,67)(H,68,69)(H,70,71)(H,72,73). The van der Waals surface area contributed by atoms with Crippen molar-refractivity contribution in [3.63, 3.8) is 0 Å². The molecule has 4 atom stereocenters. The van der Waals surface area contributed by atoms with Gasteiger partial charge in [0.15, 0.2) is 5.65 Å². The van der Waals surface area contributed by atoms with Crippen LogP contribution < -0.4 is 20.7 Å². The molecular weight excluding hydrogens is 1060 g/mol. The third-order valence-electron chi connectivity index (χ3n) is 13.0. The Labute approximate surface area is 464 Å². The van der Waals surface area contributed by atoms with Gasteiger partial charge < -0.3 is 64.9 Å². The molecule has 0 spiro atoms. The van der Waals surface area contributed by atoms with Crippen molar-refractivity contribution in [2.75, 3.05) is 59.5 Å². The largest absolute Gasteiger partial charge is 0.481 e. The molecule has 81 heavy (non-hydrogen) atoms. The van der Waals surface area contributed by atoms with Crippen molar-refractivity contribution in [3.8, 4) is 17.1 Å². The number of nitrogens with one attached hydrogen (secondary N) is 3. The molecule has 26 heteroatoms. The molecule has 0 bridgehead atoms. The number of aromatic nitrogens is 3. The number of rotatable bonds is 31.